The summed E-state index contributed by atoms with van der Waals surface area (Å²) < 4.78 is 10.7. The predicted octanol–water partition coefficient (Wildman–Crippen LogP) is 6.39. The molecule has 174 valence electrons. The molecule has 1 amide bonds. The summed E-state index contributed by atoms with van der Waals surface area (Å²) in [6.07, 6.45) is 5.84. The molecule has 1 aromatic carbocycles. The molecule has 0 fully saturated rings. The summed E-state index contributed by atoms with van der Waals surface area (Å²) in [6, 6.07) is 17.2. The lowest BCUT2D eigenvalue weighted by molar-refractivity contribution is 0.0997. The number of carbonyl (C=O) groups is 1. The van der Waals surface area contributed by atoms with Gasteiger partial charge in [0.1, 0.15) is 16.6 Å². The summed E-state index contributed by atoms with van der Waals surface area (Å²) >= 11 is 1.67. The number of ether oxygens (including phenoxy) is 1. The highest BCUT2D eigenvalue weighted by Gasteiger charge is 2.29. The number of carbonyl (C=O) groups excluding carboxylic acids is 1. The molecule has 0 aliphatic heterocycles. The Hall–Kier alpha value is -3.58. The Kier molecular flexibility index (Phi) is 6.36. The predicted molar refractivity (Wildman–Crippen MR) is 135 cm³/mol. The highest BCUT2D eigenvalue weighted by molar-refractivity contribution is 7.16. The quantitative estimate of drug-likeness (QED) is 0.325. The van der Waals surface area contributed by atoms with Crippen LogP contribution in [0.4, 0.5) is 10.8 Å². The van der Waals surface area contributed by atoms with Crippen molar-refractivity contribution in [1.29, 1.82) is 0 Å². The van der Waals surface area contributed by atoms with Gasteiger partial charge in [-0.2, -0.15) is 0 Å². The van der Waals surface area contributed by atoms with Crippen molar-refractivity contribution < 1.29 is 13.9 Å². The maximum Gasteiger partial charge on any atom is 0.291 e. The molecule has 3 heterocycles. The lowest BCUT2D eigenvalue weighted by atomic mass is 9.89. The van der Waals surface area contributed by atoms with Crippen molar-refractivity contribution in [3.8, 4) is 5.75 Å². The summed E-state index contributed by atoms with van der Waals surface area (Å²) in [6.45, 7) is 1.98. The zero-order valence-corrected chi connectivity index (χ0v) is 20.1. The molecule has 0 saturated heterocycles. The summed E-state index contributed by atoms with van der Waals surface area (Å²) in [5.41, 5.74) is 4.45. The highest BCUT2D eigenvalue weighted by atomic mass is 32.1. The first-order valence-electron chi connectivity index (χ1n) is 11.5. The Morgan fingerprint density at radius 3 is 2.65 bits per heavy atom. The number of nitrogens with zero attached hydrogens (tertiary/aromatic N) is 1. The lowest BCUT2D eigenvalue weighted by Crippen LogP contribution is -2.19. The van der Waals surface area contributed by atoms with Crippen LogP contribution in [-0.2, 0) is 12.8 Å². The number of hydrogen-bond acceptors (Lipinski definition) is 6. The van der Waals surface area contributed by atoms with E-state index in [-0.39, 0.29) is 11.9 Å². The number of furan rings is 1. The van der Waals surface area contributed by atoms with Crippen LogP contribution in [0.1, 0.15) is 56.7 Å². The van der Waals surface area contributed by atoms with Crippen molar-refractivity contribution in [2.24, 2.45) is 0 Å². The second-order valence-electron chi connectivity index (χ2n) is 8.40. The normalized spacial score (nSPS) is 13.7. The van der Waals surface area contributed by atoms with Crippen LogP contribution >= 0.6 is 11.3 Å². The topological polar surface area (TPSA) is 76.4 Å². The van der Waals surface area contributed by atoms with Crippen LogP contribution in [0, 0.1) is 6.92 Å². The van der Waals surface area contributed by atoms with Crippen molar-refractivity contribution in [1.82, 2.24) is 4.98 Å². The van der Waals surface area contributed by atoms with Crippen LogP contribution < -0.4 is 15.4 Å². The molecule has 0 unspecified atom stereocenters. The number of fused-ring (bicyclic) bond motifs is 1. The third-order valence-corrected chi connectivity index (χ3v) is 7.33. The fourth-order valence-electron chi connectivity index (χ4n) is 4.45. The van der Waals surface area contributed by atoms with Gasteiger partial charge in [0.15, 0.2) is 5.76 Å². The van der Waals surface area contributed by atoms with Crippen LogP contribution in [0.2, 0.25) is 0 Å². The molecule has 4 aromatic rings. The molecule has 0 bridgehead atoms. The van der Waals surface area contributed by atoms with Crippen molar-refractivity contribution >= 4 is 28.1 Å². The Balaban J connectivity index is 1.61. The summed E-state index contributed by atoms with van der Waals surface area (Å²) in [4.78, 5) is 19.0. The summed E-state index contributed by atoms with van der Waals surface area (Å²) in [5.74, 6) is 1.65. The van der Waals surface area contributed by atoms with Crippen molar-refractivity contribution in [3.05, 3.63) is 93.9 Å². The van der Waals surface area contributed by atoms with Crippen LogP contribution in [0.25, 0.3) is 0 Å². The van der Waals surface area contributed by atoms with E-state index in [1.807, 2.05) is 37.3 Å². The minimum absolute atomic E-state index is 0.190. The van der Waals surface area contributed by atoms with Gasteiger partial charge in [0, 0.05) is 16.1 Å². The average molecular weight is 474 g/mol. The maximum absolute atomic E-state index is 12.9. The number of pyridine rings is 1. The van der Waals surface area contributed by atoms with Crippen LogP contribution in [0.3, 0.4) is 0 Å². The number of amides is 1. The van der Waals surface area contributed by atoms with Gasteiger partial charge in [-0.15, -0.1) is 11.3 Å². The van der Waals surface area contributed by atoms with Gasteiger partial charge in [-0.05, 0) is 80.1 Å². The highest BCUT2D eigenvalue weighted by Crippen LogP contribution is 2.44. The molecule has 5 rings (SSSR count). The van der Waals surface area contributed by atoms with Crippen LogP contribution in [0.5, 0.6) is 5.75 Å². The van der Waals surface area contributed by atoms with Gasteiger partial charge in [-0.1, -0.05) is 18.2 Å². The maximum atomic E-state index is 12.9. The number of benzene rings is 1. The monoisotopic (exact) mass is 473 g/mol. The smallest absolute Gasteiger partial charge is 0.291 e. The molecule has 1 aliphatic carbocycles. The van der Waals surface area contributed by atoms with Gasteiger partial charge in [0.25, 0.3) is 5.91 Å². The van der Waals surface area contributed by atoms with E-state index < -0.39 is 0 Å². The second kappa shape index (κ2) is 9.73. The SMILES string of the molecule is COc1ccc([C@H](Nc2cccc(C)n2)c2c(NC(=O)c3ccco3)sc3c2CCCC3)cc1. The van der Waals surface area contributed by atoms with Gasteiger partial charge in [0.05, 0.1) is 19.4 Å². The third-order valence-electron chi connectivity index (χ3n) is 6.10. The first-order chi connectivity index (χ1) is 16.6. The van der Waals surface area contributed by atoms with Gasteiger partial charge in [-0.3, -0.25) is 4.79 Å². The summed E-state index contributed by atoms with van der Waals surface area (Å²) in [7, 11) is 1.67. The molecular formula is C27H27N3O3S. The molecule has 3 aromatic heterocycles. The Morgan fingerprint density at radius 1 is 1.09 bits per heavy atom. The average Bonchev–Trinajstić information content (AvgIpc) is 3.51. The van der Waals surface area contributed by atoms with Gasteiger partial charge in [-0.25, -0.2) is 4.98 Å². The fraction of sp³-hybridized carbons (Fsp3) is 0.259. The van der Waals surface area contributed by atoms with Crippen LogP contribution in [0.15, 0.2) is 65.3 Å². The Bertz CT molecular complexity index is 1280. The zero-order valence-electron chi connectivity index (χ0n) is 19.3. The Morgan fingerprint density at radius 2 is 1.91 bits per heavy atom. The van der Waals surface area contributed by atoms with E-state index in [1.54, 1.807) is 30.6 Å². The number of nitrogens with one attached hydrogen (secondary N) is 2. The molecule has 0 spiro atoms. The first-order valence-corrected chi connectivity index (χ1v) is 12.3. The molecule has 0 radical (unpaired) electrons. The van der Waals surface area contributed by atoms with E-state index in [9.17, 15) is 4.79 Å². The van der Waals surface area contributed by atoms with E-state index in [4.69, 9.17) is 14.1 Å². The molecule has 6 nitrogen and oxygen atoms in total. The fourth-order valence-corrected chi connectivity index (χ4v) is 5.77. The number of methoxy groups -OCH3 is 1. The standard InChI is InChI=1S/C27H27N3O3S/c1-17-7-5-11-23(28-17)29-25(18-12-14-19(32-2)15-13-18)24-20-8-3-4-10-22(20)34-27(24)30-26(31)21-9-6-16-33-21/h5-7,9,11-16,25H,3-4,8,10H2,1-2H3,(H,28,29)(H,30,31)/t25-/m0/s1. The molecule has 2 N–H and O–H groups in total. The second-order valence-corrected chi connectivity index (χ2v) is 9.51. The minimum atomic E-state index is -0.244. The van der Waals surface area contributed by atoms with Crippen molar-refractivity contribution in [2.45, 2.75) is 38.6 Å². The number of aryl methyl sites for hydroxylation is 2. The molecular weight excluding hydrogens is 446 g/mol. The van der Waals surface area contributed by atoms with Gasteiger partial charge >= 0.3 is 0 Å². The zero-order chi connectivity index (χ0) is 23.5. The lowest BCUT2D eigenvalue weighted by Gasteiger charge is -2.24. The molecule has 1 aliphatic rings. The number of hydrogen-bond donors (Lipinski definition) is 2. The van der Waals surface area contributed by atoms with Gasteiger partial charge in [0.2, 0.25) is 0 Å². The van der Waals surface area contributed by atoms with Crippen LogP contribution in [-0.4, -0.2) is 18.0 Å². The van der Waals surface area contributed by atoms with Gasteiger partial charge < -0.3 is 19.8 Å². The number of aromatic nitrogens is 1. The third kappa shape index (κ3) is 4.56. The van der Waals surface area contributed by atoms with E-state index in [0.717, 1.165) is 52.7 Å². The van der Waals surface area contributed by atoms with E-state index in [2.05, 4.69) is 22.8 Å². The molecule has 1 atom stereocenters. The molecule has 7 heteroatoms. The van der Waals surface area contributed by atoms with E-state index in [0.29, 0.717) is 5.76 Å². The van der Waals surface area contributed by atoms with Crippen molar-refractivity contribution in [3.63, 3.8) is 0 Å². The van der Waals surface area contributed by atoms with Crippen molar-refractivity contribution in [2.75, 3.05) is 17.7 Å². The number of thiophene rings is 1. The largest absolute Gasteiger partial charge is 0.497 e. The number of anilines is 2. The number of rotatable bonds is 7. The molecule has 0 saturated carbocycles. The minimum Gasteiger partial charge on any atom is -0.497 e. The summed E-state index contributed by atoms with van der Waals surface area (Å²) in [5, 5.41) is 7.65. The molecule has 34 heavy (non-hydrogen) atoms. The van der Waals surface area contributed by atoms with E-state index in [1.165, 1.54) is 23.1 Å². The first kappa shape index (κ1) is 22.2. The Labute approximate surface area is 203 Å². The van der Waals surface area contributed by atoms with E-state index >= 15 is 0 Å².